The van der Waals surface area contributed by atoms with Crippen LogP contribution in [0.1, 0.15) is 31.7 Å². The minimum Gasteiger partial charge on any atom is -0.491 e. The van der Waals surface area contributed by atoms with Gasteiger partial charge >= 0.3 is 0 Å². The maximum Gasteiger partial charge on any atom is 0.119 e. The monoisotopic (exact) mass is 237 g/mol. The van der Waals surface area contributed by atoms with Gasteiger partial charge in [0.15, 0.2) is 0 Å². The molecule has 17 heavy (non-hydrogen) atoms. The van der Waals surface area contributed by atoms with E-state index in [0.29, 0.717) is 32.3 Å². The minimum atomic E-state index is 0.527. The van der Waals surface area contributed by atoms with Crippen LogP contribution in [-0.2, 0) is 4.74 Å². The highest BCUT2D eigenvalue weighted by molar-refractivity contribution is 5.30. The fraction of sp³-hybridized carbons (Fsp3) is 0.571. The number of ether oxygens (including phenoxy) is 2. The van der Waals surface area contributed by atoms with Crippen molar-refractivity contribution in [1.29, 1.82) is 0 Å². The summed E-state index contributed by atoms with van der Waals surface area (Å²) in [5.41, 5.74) is 6.67. The van der Waals surface area contributed by atoms with Crippen LogP contribution in [0.25, 0.3) is 0 Å². The number of rotatable bonds is 8. The summed E-state index contributed by atoms with van der Waals surface area (Å²) in [6.45, 7) is 6.95. The van der Waals surface area contributed by atoms with Gasteiger partial charge in [0.2, 0.25) is 0 Å². The molecule has 0 saturated heterocycles. The van der Waals surface area contributed by atoms with Crippen molar-refractivity contribution >= 4 is 0 Å². The lowest BCUT2D eigenvalue weighted by atomic mass is 10.0. The summed E-state index contributed by atoms with van der Waals surface area (Å²) in [6.07, 6.45) is 0.906. The van der Waals surface area contributed by atoms with Crippen molar-refractivity contribution in [2.24, 2.45) is 5.73 Å². The van der Waals surface area contributed by atoms with Gasteiger partial charge in [0, 0.05) is 6.61 Å². The fourth-order valence-corrected chi connectivity index (χ4v) is 1.47. The highest BCUT2D eigenvalue weighted by atomic mass is 16.5. The Hall–Kier alpha value is -1.06. The van der Waals surface area contributed by atoms with Crippen LogP contribution in [0.15, 0.2) is 24.3 Å². The third kappa shape index (κ3) is 5.71. The third-order valence-corrected chi connectivity index (χ3v) is 2.51. The summed E-state index contributed by atoms with van der Waals surface area (Å²) in [5, 5.41) is 0. The van der Waals surface area contributed by atoms with Crippen molar-refractivity contribution in [3.8, 4) is 5.75 Å². The lowest BCUT2D eigenvalue weighted by Crippen LogP contribution is -2.10. The standard InChI is InChI=1S/C14H23NO2/c1-12(2)13-5-3-6-14(11-13)17-10-9-16-8-4-7-15/h3,5-6,11-12H,4,7-10,15H2,1-2H3. The zero-order valence-corrected chi connectivity index (χ0v) is 10.8. The Morgan fingerprint density at radius 3 is 2.71 bits per heavy atom. The predicted molar refractivity (Wildman–Crippen MR) is 70.5 cm³/mol. The predicted octanol–water partition coefficient (Wildman–Crippen LogP) is 2.55. The van der Waals surface area contributed by atoms with Crippen LogP contribution < -0.4 is 10.5 Å². The van der Waals surface area contributed by atoms with E-state index in [2.05, 4.69) is 26.0 Å². The van der Waals surface area contributed by atoms with Gasteiger partial charge in [-0.3, -0.25) is 0 Å². The van der Waals surface area contributed by atoms with E-state index in [-0.39, 0.29) is 0 Å². The van der Waals surface area contributed by atoms with E-state index in [1.807, 2.05) is 12.1 Å². The Morgan fingerprint density at radius 2 is 2.00 bits per heavy atom. The normalized spacial score (nSPS) is 10.8. The first-order chi connectivity index (χ1) is 8.24. The van der Waals surface area contributed by atoms with Gasteiger partial charge in [-0.05, 0) is 36.6 Å². The van der Waals surface area contributed by atoms with E-state index in [1.54, 1.807) is 0 Å². The first kappa shape index (κ1) is 14.0. The lowest BCUT2D eigenvalue weighted by Gasteiger charge is -2.10. The summed E-state index contributed by atoms with van der Waals surface area (Å²) in [7, 11) is 0. The minimum absolute atomic E-state index is 0.527. The molecule has 3 heteroatoms. The largest absolute Gasteiger partial charge is 0.491 e. The van der Waals surface area contributed by atoms with E-state index in [4.69, 9.17) is 15.2 Å². The van der Waals surface area contributed by atoms with Crippen LogP contribution >= 0.6 is 0 Å². The topological polar surface area (TPSA) is 44.5 Å². The number of benzene rings is 1. The van der Waals surface area contributed by atoms with Crippen molar-refractivity contribution in [2.75, 3.05) is 26.4 Å². The zero-order chi connectivity index (χ0) is 12.5. The highest BCUT2D eigenvalue weighted by Gasteiger charge is 2.00. The van der Waals surface area contributed by atoms with E-state index in [0.717, 1.165) is 12.2 Å². The molecule has 0 aromatic heterocycles. The summed E-state index contributed by atoms with van der Waals surface area (Å²) in [5.74, 6) is 1.44. The molecule has 1 rings (SSSR count). The molecule has 1 aromatic rings. The van der Waals surface area contributed by atoms with Gasteiger partial charge < -0.3 is 15.2 Å². The molecular formula is C14H23NO2. The smallest absolute Gasteiger partial charge is 0.119 e. The van der Waals surface area contributed by atoms with Crippen molar-refractivity contribution < 1.29 is 9.47 Å². The Morgan fingerprint density at radius 1 is 1.18 bits per heavy atom. The number of nitrogens with two attached hydrogens (primary N) is 1. The van der Waals surface area contributed by atoms with Crippen molar-refractivity contribution in [1.82, 2.24) is 0 Å². The highest BCUT2D eigenvalue weighted by Crippen LogP contribution is 2.19. The van der Waals surface area contributed by atoms with Gasteiger partial charge in [0.1, 0.15) is 12.4 Å². The fourth-order valence-electron chi connectivity index (χ4n) is 1.47. The molecule has 0 unspecified atom stereocenters. The molecule has 0 aliphatic heterocycles. The molecular weight excluding hydrogens is 214 g/mol. The van der Waals surface area contributed by atoms with Crippen molar-refractivity contribution in [3.05, 3.63) is 29.8 Å². The van der Waals surface area contributed by atoms with Gasteiger partial charge in [0.25, 0.3) is 0 Å². The second-order valence-corrected chi connectivity index (χ2v) is 4.33. The molecule has 0 fully saturated rings. The molecule has 2 N–H and O–H groups in total. The van der Waals surface area contributed by atoms with E-state index in [1.165, 1.54) is 5.56 Å². The Labute approximate surface area is 104 Å². The zero-order valence-electron chi connectivity index (χ0n) is 10.8. The lowest BCUT2D eigenvalue weighted by molar-refractivity contribution is 0.0994. The van der Waals surface area contributed by atoms with Gasteiger partial charge in [-0.2, -0.15) is 0 Å². The molecule has 1 aromatic carbocycles. The number of hydrogen-bond acceptors (Lipinski definition) is 3. The van der Waals surface area contributed by atoms with Gasteiger partial charge in [-0.15, -0.1) is 0 Å². The molecule has 0 amide bonds. The SMILES string of the molecule is CC(C)c1cccc(OCCOCCCN)c1. The molecule has 0 aliphatic carbocycles. The second kappa shape index (κ2) is 8.09. The average Bonchev–Trinajstić information content (AvgIpc) is 2.34. The maximum absolute atomic E-state index is 5.62. The second-order valence-electron chi connectivity index (χ2n) is 4.33. The van der Waals surface area contributed by atoms with Crippen molar-refractivity contribution in [3.63, 3.8) is 0 Å². The quantitative estimate of drug-likeness (QED) is 0.707. The van der Waals surface area contributed by atoms with Crippen LogP contribution in [0, 0.1) is 0 Å². The molecule has 3 nitrogen and oxygen atoms in total. The van der Waals surface area contributed by atoms with E-state index >= 15 is 0 Å². The van der Waals surface area contributed by atoms with Crippen LogP contribution in [0.4, 0.5) is 0 Å². The van der Waals surface area contributed by atoms with Crippen LogP contribution in [0.3, 0.4) is 0 Å². The average molecular weight is 237 g/mol. The van der Waals surface area contributed by atoms with Gasteiger partial charge in [0.05, 0.1) is 6.61 Å². The first-order valence-electron chi connectivity index (χ1n) is 6.24. The van der Waals surface area contributed by atoms with E-state index < -0.39 is 0 Å². The Kier molecular flexibility index (Phi) is 6.67. The molecule has 0 saturated carbocycles. The summed E-state index contributed by atoms with van der Waals surface area (Å²) < 4.78 is 11.0. The summed E-state index contributed by atoms with van der Waals surface area (Å²) in [4.78, 5) is 0. The van der Waals surface area contributed by atoms with Crippen LogP contribution in [0.5, 0.6) is 5.75 Å². The molecule has 0 radical (unpaired) electrons. The molecule has 96 valence electrons. The first-order valence-corrected chi connectivity index (χ1v) is 6.24. The summed E-state index contributed by atoms with van der Waals surface area (Å²) in [6, 6.07) is 8.21. The van der Waals surface area contributed by atoms with Crippen LogP contribution in [-0.4, -0.2) is 26.4 Å². The molecule has 0 atom stereocenters. The Balaban J connectivity index is 2.24. The number of hydrogen-bond donors (Lipinski definition) is 1. The third-order valence-electron chi connectivity index (χ3n) is 2.51. The maximum atomic E-state index is 5.62. The molecule has 0 bridgehead atoms. The van der Waals surface area contributed by atoms with Gasteiger partial charge in [-0.25, -0.2) is 0 Å². The van der Waals surface area contributed by atoms with Crippen LogP contribution in [0.2, 0.25) is 0 Å². The summed E-state index contributed by atoms with van der Waals surface area (Å²) >= 11 is 0. The molecule has 0 heterocycles. The Bertz CT molecular complexity index is 313. The van der Waals surface area contributed by atoms with Gasteiger partial charge in [-0.1, -0.05) is 26.0 Å². The van der Waals surface area contributed by atoms with E-state index in [9.17, 15) is 0 Å². The van der Waals surface area contributed by atoms with Crippen molar-refractivity contribution in [2.45, 2.75) is 26.2 Å². The molecule has 0 aliphatic rings. The molecule has 0 spiro atoms.